The number of non-ortho nitro benzene ring substituents is 1. The number of benzene rings is 2. The van der Waals surface area contributed by atoms with Gasteiger partial charge in [-0.1, -0.05) is 41.9 Å². The normalized spacial score (nSPS) is 10.7. The van der Waals surface area contributed by atoms with Crippen LogP contribution in [0.1, 0.15) is 11.1 Å². The summed E-state index contributed by atoms with van der Waals surface area (Å²) in [5, 5.41) is 14.8. The average molecular weight is 364 g/mol. The number of rotatable bonds is 7. The van der Waals surface area contributed by atoms with Crippen molar-refractivity contribution in [2.24, 2.45) is 5.10 Å². The monoisotopic (exact) mass is 363 g/mol. The Bertz CT molecular complexity index is 753. The van der Waals surface area contributed by atoms with E-state index in [2.05, 4.69) is 10.5 Å². The zero-order chi connectivity index (χ0) is 17.4. The maximum atomic E-state index is 11.7. The van der Waals surface area contributed by atoms with Crippen LogP contribution in [0.15, 0.2) is 53.6 Å². The van der Waals surface area contributed by atoms with Crippen molar-refractivity contribution in [1.82, 2.24) is 5.43 Å². The van der Waals surface area contributed by atoms with Crippen LogP contribution in [0.5, 0.6) is 0 Å². The summed E-state index contributed by atoms with van der Waals surface area (Å²) in [5.41, 5.74) is 3.79. The Morgan fingerprint density at radius 1 is 1.29 bits per heavy atom. The molecule has 0 unspecified atom stereocenters. The molecule has 2 aromatic rings. The molecule has 0 aliphatic heterocycles. The SMILES string of the molecule is O=C(CSCc1ccccc1)N/N=C\c1cc([N+](=O)[O-])ccc1Cl. The van der Waals surface area contributed by atoms with Gasteiger partial charge >= 0.3 is 0 Å². The smallest absolute Gasteiger partial charge is 0.270 e. The van der Waals surface area contributed by atoms with Crippen molar-refractivity contribution < 1.29 is 9.72 Å². The van der Waals surface area contributed by atoms with Crippen LogP contribution in [0.3, 0.4) is 0 Å². The zero-order valence-electron chi connectivity index (χ0n) is 12.5. The lowest BCUT2D eigenvalue weighted by Gasteiger charge is -2.01. The van der Waals surface area contributed by atoms with Crippen molar-refractivity contribution in [3.63, 3.8) is 0 Å². The molecule has 0 saturated carbocycles. The second-order valence-corrected chi connectivity index (χ2v) is 6.13. The molecule has 0 radical (unpaired) electrons. The molecule has 124 valence electrons. The summed E-state index contributed by atoms with van der Waals surface area (Å²) in [7, 11) is 0. The molecule has 0 fully saturated rings. The molecule has 8 heteroatoms. The Morgan fingerprint density at radius 3 is 2.75 bits per heavy atom. The van der Waals surface area contributed by atoms with Gasteiger partial charge in [-0.2, -0.15) is 5.10 Å². The molecule has 24 heavy (non-hydrogen) atoms. The van der Waals surface area contributed by atoms with Crippen LogP contribution < -0.4 is 5.43 Å². The maximum absolute atomic E-state index is 11.7. The first-order chi connectivity index (χ1) is 11.6. The van der Waals surface area contributed by atoms with Gasteiger partial charge in [0.15, 0.2) is 0 Å². The second kappa shape index (κ2) is 9.05. The van der Waals surface area contributed by atoms with Crippen molar-refractivity contribution in [3.05, 3.63) is 74.8 Å². The van der Waals surface area contributed by atoms with Crippen molar-refractivity contribution in [2.75, 3.05) is 5.75 Å². The first-order valence-corrected chi connectivity index (χ1v) is 8.47. The number of hydrogen-bond acceptors (Lipinski definition) is 5. The molecule has 0 heterocycles. The van der Waals surface area contributed by atoms with E-state index in [1.54, 1.807) is 0 Å². The number of carbonyl (C=O) groups excluding carboxylic acids is 1. The number of nitro groups is 1. The van der Waals surface area contributed by atoms with Crippen LogP contribution >= 0.6 is 23.4 Å². The van der Waals surface area contributed by atoms with E-state index in [1.165, 1.54) is 36.2 Å². The van der Waals surface area contributed by atoms with Crippen molar-refractivity contribution in [2.45, 2.75) is 5.75 Å². The predicted octanol–water partition coefficient (Wildman–Crippen LogP) is 3.63. The van der Waals surface area contributed by atoms with Crippen LogP contribution in [-0.2, 0) is 10.5 Å². The number of amides is 1. The zero-order valence-corrected chi connectivity index (χ0v) is 14.1. The van der Waals surface area contributed by atoms with E-state index >= 15 is 0 Å². The summed E-state index contributed by atoms with van der Waals surface area (Å²) in [4.78, 5) is 21.9. The summed E-state index contributed by atoms with van der Waals surface area (Å²) >= 11 is 7.41. The van der Waals surface area contributed by atoms with E-state index < -0.39 is 4.92 Å². The van der Waals surface area contributed by atoms with E-state index in [0.717, 1.165) is 11.3 Å². The van der Waals surface area contributed by atoms with Gasteiger partial charge in [-0.3, -0.25) is 14.9 Å². The molecule has 1 N–H and O–H groups in total. The molecule has 0 atom stereocenters. The molecular formula is C16H14ClN3O3S. The minimum atomic E-state index is -0.521. The highest BCUT2D eigenvalue weighted by Crippen LogP contribution is 2.20. The summed E-state index contributed by atoms with van der Waals surface area (Å²) in [6.07, 6.45) is 1.29. The fourth-order valence-electron chi connectivity index (χ4n) is 1.79. The minimum Gasteiger partial charge on any atom is -0.272 e. The van der Waals surface area contributed by atoms with E-state index in [0.29, 0.717) is 10.6 Å². The number of nitrogens with zero attached hydrogens (tertiary/aromatic N) is 2. The number of nitrogens with one attached hydrogen (secondary N) is 1. The molecule has 1 amide bonds. The highest BCUT2D eigenvalue weighted by atomic mass is 35.5. The van der Waals surface area contributed by atoms with Gasteiger partial charge in [0.25, 0.3) is 5.69 Å². The van der Waals surface area contributed by atoms with Crippen LogP contribution in [0.25, 0.3) is 0 Å². The Hall–Kier alpha value is -2.38. The standard InChI is InChI=1S/C16H14ClN3O3S/c17-15-7-6-14(20(22)23)8-13(15)9-18-19-16(21)11-24-10-12-4-2-1-3-5-12/h1-9H,10-11H2,(H,19,21)/b18-9-. The number of hydrogen-bond donors (Lipinski definition) is 1. The Labute approximate surface area is 148 Å². The maximum Gasteiger partial charge on any atom is 0.270 e. The predicted molar refractivity (Wildman–Crippen MR) is 96.4 cm³/mol. The lowest BCUT2D eigenvalue weighted by atomic mass is 10.2. The van der Waals surface area contributed by atoms with Crippen molar-refractivity contribution in [1.29, 1.82) is 0 Å². The van der Waals surface area contributed by atoms with Gasteiger partial charge in [-0.15, -0.1) is 11.8 Å². The molecule has 2 aromatic carbocycles. The van der Waals surface area contributed by atoms with Gasteiger partial charge in [0.2, 0.25) is 5.91 Å². The molecular weight excluding hydrogens is 350 g/mol. The summed E-state index contributed by atoms with van der Waals surface area (Å²) in [6.45, 7) is 0. The third kappa shape index (κ3) is 5.68. The fourth-order valence-corrected chi connectivity index (χ4v) is 2.73. The lowest BCUT2D eigenvalue weighted by Crippen LogP contribution is -2.19. The molecule has 0 aromatic heterocycles. The van der Waals surface area contributed by atoms with Crippen LogP contribution in [0.4, 0.5) is 5.69 Å². The van der Waals surface area contributed by atoms with Gasteiger partial charge in [0.1, 0.15) is 0 Å². The van der Waals surface area contributed by atoms with Crippen LogP contribution in [0.2, 0.25) is 5.02 Å². The van der Waals surface area contributed by atoms with Gasteiger partial charge in [-0.25, -0.2) is 5.43 Å². The Morgan fingerprint density at radius 2 is 2.04 bits per heavy atom. The molecule has 0 aliphatic carbocycles. The summed E-state index contributed by atoms with van der Waals surface area (Å²) in [5.74, 6) is 0.734. The number of nitro benzene ring substituents is 1. The lowest BCUT2D eigenvalue weighted by molar-refractivity contribution is -0.384. The van der Waals surface area contributed by atoms with E-state index in [-0.39, 0.29) is 17.3 Å². The van der Waals surface area contributed by atoms with Gasteiger partial charge < -0.3 is 0 Å². The fraction of sp³-hybridized carbons (Fsp3) is 0.125. The first kappa shape index (κ1) is 18.0. The number of hydrazone groups is 1. The van der Waals surface area contributed by atoms with Gasteiger partial charge in [-0.05, 0) is 11.6 Å². The van der Waals surface area contributed by atoms with Crippen molar-refractivity contribution >= 4 is 41.2 Å². The first-order valence-electron chi connectivity index (χ1n) is 6.94. The Balaban J connectivity index is 1.82. The van der Waals surface area contributed by atoms with Gasteiger partial charge in [0.05, 0.1) is 16.9 Å². The Kier molecular flexibility index (Phi) is 6.77. The molecule has 6 nitrogen and oxygen atoms in total. The molecule has 0 bridgehead atoms. The van der Waals surface area contributed by atoms with E-state index in [4.69, 9.17) is 11.6 Å². The second-order valence-electron chi connectivity index (χ2n) is 4.73. The van der Waals surface area contributed by atoms with E-state index in [9.17, 15) is 14.9 Å². The van der Waals surface area contributed by atoms with Crippen LogP contribution in [-0.4, -0.2) is 22.8 Å². The van der Waals surface area contributed by atoms with Crippen molar-refractivity contribution in [3.8, 4) is 0 Å². The topological polar surface area (TPSA) is 84.6 Å². The molecule has 2 rings (SSSR count). The average Bonchev–Trinajstić information content (AvgIpc) is 2.57. The molecule has 0 spiro atoms. The van der Waals surface area contributed by atoms with E-state index in [1.807, 2.05) is 30.3 Å². The largest absolute Gasteiger partial charge is 0.272 e. The number of carbonyl (C=O) groups is 1. The number of thioether (sulfide) groups is 1. The molecule has 0 aliphatic rings. The highest BCUT2D eigenvalue weighted by molar-refractivity contribution is 7.99. The highest BCUT2D eigenvalue weighted by Gasteiger charge is 2.08. The third-order valence-electron chi connectivity index (χ3n) is 2.93. The molecule has 0 saturated heterocycles. The third-order valence-corrected chi connectivity index (χ3v) is 4.28. The quantitative estimate of drug-likeness (QED) is 0.462. The number of halogens is 1. The summed E-state index contributed by atoms with van der Waals surface area (Å²) < 4.78 is 0. The van der Waals surface area contributed by atoms with Gasteiger partial charge in [0, 0.05) is 28.5 Å². The summed E-state index contributed by atoms with van der Waals surface area (Å²) in [6, 6.07) is 13.8. The van der Waals surface area contributed by atoms with Crippen LogP contribution in [0, 0.1) is 10.1 Å². The minimum absolute atomic E-state index is 0.0920.